The van der Waals surface area contributed by atoms with Crippen molar-refractivity contribution in [1.29, 1.82) is 0 Å². The molecule has 128 valence electrons. The van der Waals surface area contributed by atoms with Crippen LogP contribution in [0, 0.1) is 0 Å². The van der Waals surface area contributed by atoms with Crippen LogP contribution in [0.4, 0.5) is 0 Å². The van der Waals surface area contributed by atoms with Crippen molar-refractivity contribution in [2.45, 2.75) is 32.5 Å². The van der Waals surface area contributed by atoms with Crippen LogP contribution in [0.5, 0.6) is 0 Å². The predicted molar refractivity (Wildman–Crippen MR) is 96.2 cm³/mol. The SMILES string of the molecule is O=C1C/C(=N\OCc2ccccc2)C/C(=N\OCc2ccccc2)C1. The minimum Gasteiger partial charge on any atom is -0.391 e. The van der Waals surface area contributed by atoms with Crippen molar-refractivity contribution in [2.24, 2.45) is 10.3 Å². The first-order valence-corrected chi connectivity index (χ1v) is 8.24. The molecule has 5 nitrogen and oxygen atoms in total. The highest BCUT2D eigenvalue weighted by molar-refractivity contribution is 6.21. The Bertz CT molecular complexity index is 692. The maximum atomic E-state index is 11.9. The van der Waals surface area contributed by atoms with Crippen molar-refractivity contribution in [2.75, 3.05) is 0 Å². The van der Waals surface area contributed by atoms with Crippen LogP contribution < -0.4 is 0 Å². The molecule has 0 aromatic heterocycles. The van der Waals surface area contributed by atoms with Gasteiger partial charge in [-0.25, -0.2) is 0 Å². The van der Waals surface area contributed by atoms with Gasteiger partial charge >= 0.3 is 0 Å². The van der Waals surface area contributed by atoms with Crippen LogP contribution in [-0.2, 0) is 27.7 Å². The van der Waals surface area contributed by atoms with Crippen molar-refractivity contribution in [3.05, 3.63) is 71.8 Å². The van der Waals surface area contributed by atoms with Crippen LogP contribution >= 0.6 is 0 Å². The fourth-order valence-electron chi connectivity index (χ4n) is 2.55. The smallest absolute Gasteiger partial charge is 0.144 e. The summed E-state index contributed by atoms with van der Waals surface area (Å²) >= 11 is 0. The zero-order valence-electron chi connectivity index (χ0n) is 13.9. The van der Waals surface area contributed by atoms with E-state index < -0.39 is 0 Å². The van der Waals surface area contributed by atoms with Gasteiger partial charge in [0.15, 0.2) is 0 Å². The number of oxime groups is 2. The molecule has 1 aliphatic rings. The fourth-order valence-corrected chi connectivity index (χ4v) is 2.55. The minimum atomic E-state index is 0.0790. The molecule has 0 atom stereocenters. The molecule has 0 saturated heterocycles. The highest BCUT2D eigenvalue weighted by atomic mass is 16.6. The third-order valence-electron chi connectivity index (χ3n) is 3.75. The average Bonchev–Trinajstić information content (AvgIpc) is 2.63. The molecule has 0 heterocycles. The van der Waals surface area contributed by atoms with Gasteiger partial charge < -0.3 is 9.68 Å². The number of hydrogen-bond donors (Lipinski definition) is 0. The van der Waals surface area contributed by atoms with E-state index in [-0.39, 0.29) is 5.78 Å². The number of benzene rings is 2. The minimum absolute atomic E-state index is 0.0790. The predicted octanol–water partition coefficient (Wildman–Crippen LogP) is 3.89. The van der Waals surface area contributed by atoms with E-state index in [2.05, 4.69) is 10.3 Å². The van der Waals surface area contributed by atoms with Crippen molar-refractivity contribution in [3.8, 4) is 0 Å². The summed E-state index contributed by atoms with van der Waals surface area (Å²) < 4.78 is 0. The molecule has 0 unspecified atom stereocenters. The average molecular weight is 336 g/mol. The molecular formula is C20H20N2O3. The number of hydrogen-bond acceptors (Lipinski definition) is 5. The molecule has 2 aromatic carbocycles. The number of carbonyl (C=O) groups is 1. The molecular weight excluding hydrogens is 316 g/mol. The number of nitrogens with zero attached hydrogens (tertiary/aromatic N) is 2. The monoisotopic (exact) mass is 336 g/mol. The molecule has 1 fully saturated rings. The van der Waals surface area contributed by atoms with Gasteiger partial charge in [0, 0.05) is 19.3 Å². The van der Waals surface area contributed by atoms with E-state index in [1.165, 1.54) is 0 Å². The summed E-state index contributed by atoms with van der Waals surface area (Å²) in [4.78, 5) is 22.6. The van der Waals surface area contributed by atoms with Gasteiger partial charge in [0.1, 0.15) is 19.0 Å². The number of ketones is 1. The lowest BCUT2D eigenvalue weighted by molar-refractivity contribution is -0.117. The summed E-state index contributed by atoms with van der Waals surface area (Å²) in [7, 11) is 0. The summed E-state index contributed by atoms with van der Waals surface area (Å²) in [5.41, 5.74) is 3.45. The highest BCUT2D eigenvalue weighted by Crippen LogP contribution is 2.13. The second-order valence-electron chi connectivity index (χ2n) is 5.90. The van der Waals surface area contributed by atoms with Gasteiger partial charge in [-0.05, 0) is 11.1 Å². The Morgan fingerprint density at radius 2 is 1.12 bits per heavy atom. The first kappa shape index (κ1) is 16.9. The molecule has 25 heavy (non-hydrogen) atoms. The standard InChI is InChI=1S/C20H20N2O3/c23-20-12-18(21-24-14-16-7-3-1-4-8-16)11-19(13-20)22-25-15-17-9-5-2-6-10-17/h1-10H,11-15H2/b21-18-,22-19+. The number of rotatable bonds is 6. The molecule has 0 aliphatic heterocycles. The van der Waals surface area contributed by atoms with E-state index in [9.17, 15) is 4.79 Å². The second-order valence-corrected chi connectivity index (χ2v) is 5.90. The molecule has 3 rings (SSSR count). The summed E-state index contributed by atoms with van der Waals surface area (Å²) in [5.74, 6) is 0.0790. The first-order valence-electron chi connectivity index (χ1n) is 8.24. The second kappa shape index (κ2) is 8.78. The lowest BCUT2D eigenvalue weighted by Gasteiger charge is -2.14. The highest BCUT2D eigenvalue weighted by Gasteiger charge is 2.21. The van der Waals surface area contributed by atoms with Crippen LogP contribution in [0.1, 0.15) is 30.4 Å². The van der Waals surface area contributed by atoms with Gasteiger partial charge in [-0.15, -0.1) is 0 Å². The third kappa shape index (κ3) is 5.57. The molecule has 0 spiro atoms. The molecule has 0 N–H and O–H groups in total. The van der Waals surface area contributed by atoms with Crippen molar-refractivity contribution in [1.82, 2.24) is 0 Å². The Morgan fingerprint density at radius 1 is 0.680 bits per heavy atom. The van der Waals surface area contributed by atoms with E-state index in [4.69, 9.17) is 9.68 Å². The topological polar surface area (TPSA) is 60.2 Å². The number of carbonyl (C=O) groups excluding carboxylic acids is 1. The van der Waals surface area contributed by atoms with E-state index in [0.717, 1.165) is 11.1 Å². The lowest BCUT2D eigenvalue weighted by Crippen LogP contribution is -2.23. The summed E-state index contributed by atoms with van der Waals surface area (Å²) in [6, 6.07) is 19.6. The molecule has 5 heteroatoms. The summed E-state index contributed by atoms with van der Waals surface area (Å²) in [6.07, 6.45) is 1.13. The van der Waals surface area contributed by atoms with E-state index in [1.807, 2.05) is 60.7 Å². The third-order valence-corrected chi connectivity index (χ3v) is 3.75. The molecule has 1 aliphatic carbocycles. The van der Waals surface area contributed by atoms with Crippen molar-refractivity contribution >= 4 is 17.2 Å². The quantitative estimate of drug-likeness (QED) is 0.752. The zero-order chi connectivity index (χ0) is 17.3. The van der Waals surface area contributed by atoms with Crippen LogP contribution in [0.3, 0.4) is 0 Å². The Kier molecular flexibility index (Phi) is 5.93. The Hall–Kier alpha value is -2.95. The maximum Gasteiger partial charge on any atom is 0.144 e. The Morgan fingerprint density at radius 3 is 1.56 bits per heavy atom. The molecule has 0 amide bonds. The molecule has 1 saturated carbocycles. The normalized spacial score (nSPS) is 17.7. The Balaban J connectivity index is 1.52. The molecule has 2 aromatic rings. The van der Waals surface area contributed by atoms with Gasteiger partial charge in [-0.2, -0.15) is 0 Å². The zero-order valence-corrected chi connectivity index (χ0v) is 13.9. The summed E-state index contributed by atoms with van der Waals surface area (Å²) in [5, 5.41) is 8.21. The van der Waals surface area contributed by atoms with Gasteiger partial charge in [-0.3, -0.25) is 4.79 Å². The molecule has 0 radical (unpaired) electrons. The number of Topliss-reactive ketones (excluding diaryl/α,β-unsaturated/α-hetero) is 1. The summed E-state index contributed by atoms with van der Waals surface area (Å²) in [6.45, 7) is 0.769. The van der Waals surface area contributed by atoms with Crippen molar-refractivity contribution in [3.63, 3.8) is 0 Å². The van der Waals surface area contributed by atoms with Gasteiger partial charge in [0.25, 0.3) is 0 Å². The first-order chi connectivity index (χ1) is 12.3. The van der Waals surface area contributed by atoms with Crippen LogP contribution in [0.25, 0.3) is 0 Å². The Labute approximate surface area is 146 Å². The maximum absolute atomic E-state index is 11.9. The lowest BCUT2D eigenvalue weighted by atomic mass is 9.95. The van der Waals surface area contributed by atoms with Gasteiger partial charge in [0.05, 0.1) is 11.4 Å². The largest absolute Gasteiger partial charge is 0.391 e. The van der Waals surface area contributed by atoms with Crippen molar-refractivity contribution < 1.29 is 14.5 Å². The van der Waals surface area contributed by atoms with Gasteiger partial charge in [0.2, 0.25) is 0 Å². The van der Waals surface area contributed by atoms with E-state index in [0.29, 0.717) is 43.9 Å². The fraction of sp³-hybridized carbons (Fsp3) is 0.250. The van der Waals surface area contributed by atoms with Crippen LogP contribution in [0.2, 0.25) is 0 Å². The van der Waals surface area contributed by atoms with E-state index in [1.54, 1.807) is 0 Å². The van der Waals surface area contributed by atoms with Crippen LogP contribution in [-0.4, -0.2) is 17.2 Å². The van der Waals surface area contributed by atoms with Gasteiger partial charge in [-0.1, -0.05) is 71.0 Å². The molecule has 0 bridgehead atoms. The van der Waals surface area contributed by atoms with E-state index >= 15 is 0 Å². The van der Waals surface area contributed by atoms with Crippen LogP contribution in [0.15, 0.2) is 71.0 Å².